The fourth-order valence-electron chi connectivity index (χ4n) is 4.76. The normalized spacial score (nSPS) is 26.6. The predicted molar refractivity (Wildman–Crippen MR) is 102 cm³/mol. The average molecular weight is 358 g/mol. The van der Waals surface area contributed by atoms with Crippen molar-refractivity contribution in [3.63, 3.8) is 0 Å². The molecule has 0 aliphatic heterocycles. The molecular weight excluding hydrogens is 336 g/mol. The number of nitriles is 1. The molecule has 136 valence electrons. The second kappa shape index (κ2) is 6.09. The van der Waals surface area contributed by atoms with Gasteiger partial charge in [-0.25, -0.2) is 9.97 Å². The van der Waals surface area contributed by atoms with Gasteiger partial charge in [0.1, 0.15) is 6.07 Å². The van der Waals surface area contributed by atoms with Gasteiger partial charge in [-0.2, -0.15) is 5.26 Å². The number of hydrogen-bond acceptors (Lipinski definition) is 5. The van der Waals surface area contributed by atoms with Crippen LogP contribution in [0.1, 0.15) is 42.9 Å². The molecule has 0 amide bonds. The largest absolute Gasteiger partial charge is 0.293 e. The molecule has 0 saturated heterocycles. The number of fused-ring (bicyclic) bond motifs is 3. The molecule has 0 N–H and O–H groups in total. The molecule has 0 radical (unpaired) electrons. The summed E-state index contributed by atoms with van der Waals surface area (Å²) in [5.41, 5.74) is 4.76. The lowest BCUT2D eigenvalue weighted by atomic mass is 9.57. The summed E-state index contributed by atoms with van der Waals surface area (Å²) >= 11 is 0. The van der Waals surface area contributed by atoms with Crippen LogP contribution in [0.5, 0.6) is 0 Å². The van der Waals surface area contributed by atoms with Gasteiger partial charge in [-0.1, -0.05) is 19.9 Å². The number of aromatic nitrogens is 3. The highest BCUT2D eigenvalue weighted by Gasteiger charge is 2.49. The topological polar surface area (TPSA) is 79.5 Å². The van der Waals surface area contributed by atoms with Crippen LogP contribution in [0.4, 0.5) is 0 Å². The third-order valence-corrected chi connectivity index (χ3v) is 6.20. The first-order valence-corrected chi connectivity index (χ1v) is 9.33. The van der Waals surface area contributed by atoms with Crippen LogP contribution in [0, 0.1) is 37.0 Å². The minimum Gasteiger partial charge on any atom is -0.293 e. The highest BCUT2D eigenvalue weighted by atomic mass is 16.1. The highest BCUT2D eigenvalue weighted by molar-refractivity contribution is 6.02. The van der Waals surface area contributed by atoms with Crippen LogP contribution < -0.4 is 0 Å². The Hall–Kier alpha value is -2.87. The summed E-state index contributed by atoms with van der Waals surface area (Å²) in [7, 11) is 0. The molecule has 0 unspecified atom stereocenters. The van der Waals surface area contributed by atoms with E-state index in [1.54, 1.807) is 6.20 Å². The lowest BCUT2D eigenvalue weighted by Gasteiger charge is -2.45. The van der Waals surface area contributed by atoms with E-state index in [0.717, 1.165) is 41.1 Å². The minimum absolute atomic E-state index is 0.0424. The number of aryl methyl sites for hydroxylation is 2. The van der Waals surface area contributed by atoms with E-state index in [0.29, 0.717) is 5.82 Å². The van der Waals surface area contributed by atoms with Gasteiger partial charge in [-0.3, -0.25) is 9.78 Å². The Bertz CT molecular complexity index is 1030. The number of pyridine rings is 1. The second-order valence-electron chi connectivity index (χ2n) is 7.90. The van der Waals surface area contributed by atoms with Crippen LogP contribution in [0.3, 0.4) is 0 Å². The molecule has 3 atom stereocenters. The molecule has 0 saturated carbocycles. The third kappa shape index (κ3) is 2.59. The maximum absolute atomic E-state index is 12.5. The van der Waals surface area contributed by atoms with Crippen molar-refractivity contribution in [2.24, 2.45) is 11.8 Å². The summed E-state index contributed by atoms with van der Waals surface area (Å²) in [6.07, 6.45) is 5.39. The fourth-order valence-corrected chi connectivity index (χ4v) is 4.76. The van der Waals surface area contributed by atoms with Gasteiger partial charge >= 0.3 is 0 Å². The molecule has 0 fully saturated rings. The number of hydrogen-bond donors (Lipinski definition) is 0. The van der Waals surface area contributed by atoms with Gasteiger partial charge in [0.15, 0.2) is 11.6 Å². The van der Waals surface area contributed by atoms with Crippen LogP contribution in [0.2, 0.25) is 0 Å². The van der Waals surface area contributed by atoms with E-state index in [-0.39, 0.29) is 23.2 Å². The monoisotopic (exact) mass is 358 g/mol. The average Bonchev–Trinajstić information content (AvgIpc) is 2.65. The van der Waals surface area contributed by atoms with Crippen molar-refractivity contribution >= 4 is 5.78 Å². The van der Waals surface area contributed by atoms with Crippen LogP contribution in [0.25, 0.3) is 11.4 Å². The van der Waals surface area contributed by atoms with E-state index < -0.39 is 5.41 Å². The van der Waals surface area contributed by atoms with Gasteiger partial charge < -0.3 is 0 Å². The Kier molecular flexibility index (Phi) is 3.96. The van der Waals surface area contributed by atoms with Crippen molar-refractivity contribution < 1.29 is 4.79 Å². The number of allylic oxidation sites excluding steroid dienone is 2. The molecule has 0 bridgehead atoms. The summed E-state index contributed by atoms with van der Waals surface area (Å²) < 4.78 is 0. The number of Topliss-reactive ketones (excluding diaryl/α,β-unsaturated/α-hetero) is 1. The Morgan fingerprint density at radius 2 is 2.07 bits per heavy atom. The quantitative estimate of drug-likeness (QED) is 0.777. The molecular formula is C22H22N4O. The van der Waals surface area contributed by atoms with Gasteiger partial charge in [0.2, 0.25) is 0 Å². The van der Waals surface area contributed by atoms with Gasteiger partial charge in [0.25, 0.3) is 0 Å². The lowest BCUT2D eigenvalue weighted by Crippen LogP contribution is -2.46. The van der Waals surface area contributed by atoms with Crippen LogP contribution in [0.15, 0.2) is 30.0 Å². The summed E-state index contributed by atoms with van der Waals surface area (Å²) in [5.74, 6) is 0.606. The number of rotatable bonds is 1. The summed E-state index contributed by atoms with van der Waals surface area (Å²) in [6.45, 7) is 8.03. The fraction of sp³-hybridized carbons (Fsp3) is 0.409. The third-order valence-electron chi connectivity index (χ3n) is 6.20. The number of nitrogens with zero attached hydrogens (tertiary/aromatic N) is 4. The summed E-state index contributed by atoms with van der Waals surface area (Å²) in [4.78, 5) is 26.5. The molecule has 27 heavy (non-hydrogen) atoms. The van der Waals surface area contributed by atoms with Crippen molar-refractivity contribution in [2.45, 2.75) is 46.0 Å². The van der Waals surface area contributed by atoms with E-state index in [4.69, 9.17) is 9.97 Å². The van der Waals surface area contributed by atoms with Crippen molar-refractivity contribution in [2.75, 3.05) is 0 Å². The van der Waals surface area contributed by atoms with Crippen molar-refractivity contribution in [1.82, 2.24) is 15.0 Å². The van der Waals surface area contributed by atoms with Gasteiger partial charge in [-0.05, 0) is 50.3 Å². The molecule has 5 heteroatoms. The van der Waals surface area contributed by atoms with Crippen LogP contribution >= 0.6 is 0 Å². The molecule has 2 aliphatic rings. The van der Waals surface area contributed by atoms with Gasteiger partial charge in [0.05, 0.1) is 11.3 Å². The summed E-state index contributed by atoms with van der Waals surface area (Å²) in [6, 6.07) is 6.00. The first-order chi connectivity index (χ1) is 12.8. The smallest absolute Gasteiger partial charge is 0.176 e. The number of carbonyl (C=O) groups excluding carboxylic acids is 1. The standard InChI is InChI=1S/C22H22N4O/c1-12-9-15(7-8-24-12)21-25-14(3)17-5-6-18-13(2)19(27)16(11-23)10-22(18,4)20(17)26-21/h7-10,13,18H,5-6H2,1-4H3/t13-,18-,22-/m1/s1. The van der Waals surface area contributed by atoms with Gasteiger partial charge in [0, 0.05) is 34.5 Å². The molecule has 2 aliphatic carbocycles. The zero-order valence-corrected chi connectivity index (χ0v) is 16.1. The van der Waals surface area contributed by atoms with E-state index in [2.05, 4.69) is 18.0 Å². The van der Waals surface area contributed by atoms with E-state index >= 15 is 0 Å². The first kappa shape index (κ1) is 17.5. The maximum atomic E-state index is 12.5. The van der Waals surface area contributed by atoms with Crippen molar-refractivity contribution in [1.29, 1.82) is 5.26 Å². The Labute approximate surface area is 159 Å². The number of ketones is 1. The van der Waals surface area contributed by atoms with Gasteiger partial charge in [-0.15, -0.1) is 0 Å². The Morgan fingerprint density at radius 1 is 1.30 bits per heavy atom. The first-order valence-electron chi connectivity index (χ1n) is 9.33. The maximum Gasteiger partial charge on any atom is 0.176 e. The molecule has 2 aromatic rings. The second-order valence-corrected chi connectivity index (χ2v) is 7.90. The predicted octanol–water partition coefficient (Wildman–Crippen LogP) is 3.64. The Morgan fingerprint density at radius 3 is 2.78 bits per heavy atom. The van der Waals surface area contributed by atoms with E-state index in [9.17, 15) is 10.1 Å². The van der Waals surface area contributed by atoms with Crippen molar-refractivity contribution in [3.05, 3.63) is 52.6 Å². The van der Waals surface area contributed by atoms with Crippen LogP contribution in [-0.2, 0) is 16.6 Å². The Balaban J connectivity index is 1.95. The van der Waals surface area contributed by atoms with E-state index in [1.807, 2.05) is 39.0 Å². The molecule has 4 rings (SSSR count). The highest BCUT2D eigenvalue weighted by Crippen LogP contribution is 2.49. The SMILES string of the molecule is Cc1cc(-c2nc(C)c3c(n2)[C@]2(C)C=C(C#N)C(=O)[C@H](C)[C@H]2CC3)ccn1. The molecule has 5 nitrogen and oxygen atoms in total. The summed E-state index contributed by atoms with van der Waals surface area (Å²) in [5, 5.41) is 9.47. The lowest BCUT2D eigenvalue weighted by molar-refractivity contribution is -0.121. The molecule has 0 aromatic carbocycles. The molecule has 2 heterocycles. The van der Waals surface area contributed by atoms with Crippen molar-refractivity contribution in [3.8, 4) is 17.5 Å². The van der Waals surface area contributed by atoms with Crippen LogP contribution in [-0.4, -0.2) is 20.7 Å². The zero-order chi connectivity index (χ0) is 19.3. The minimum atomic E-state index is -0.434. The zero-order valence-electron chi connectivity index (χ0n) is 16.1. The van der Waals surface area contributed by atoms with E-state index in [1.165, 1.54) is 0 Å². The molecule has 0 spiro atoms. The molecule has 2 aromatic heterocycles. The number of carbonyl (C=O) groups is 1.